The number of hydrogen-bond acceptors (Lipinski definition) is 8. The second kappa shape index (κ2) is 29.9. The minimum atomic E-state index is -1.47. The average Bonchev–Trinajstić information content (AvgIpc) is 3.08. The number of ether oxygens (including phenoxy) is 1. The number of rotatable bonds is 32. The van der Waals surface area contributed by atoms with E-state index in [-0.39, 0.29) is 18.7 Å². The zero-order valence-electron chi connectivity index (χ0n) is 30.9. The van der Waals surface area contributed by atoms with E-state index in [4.69, 9.17) is 4.74 Å². The monoisotopic (exact) mass is 688 g/mol. The zero-order valence-corrected chi connectivity index (χ0v) is 30.9. The van der Waals surface area contributed by atoms with E-state index in [1.54, 1.807) is 0 Å². The molecule has 0 saturated carbocycles. The average molecular weight is 688 g/mol. The Morgan fingerprint density at radius 2 is 1.00 bits per heavy atom. The van der Waals surface area contributed by atoms with E-state index in [9.17, 15) is 35.4 Å². The van der Waals surface area contributed by atoms with Crippen LogP contribution in [0.15, 0.2) is 0 Å². The first-order valence-corrected chi connectivity index (χ1v) is 20.2. The first-order chi connectivity index (χ1) is 23.3. The molecular weight excluding hydrogens is 610 g/mol. The number of unbranched alkanes of at least 4 members (excludes halogenated alkanes) is 21. The summed E-state index contributed by atoms with van der Waals surface area (Å²) in [6, 6.07) is -0.758. The normalized spacial score (nSPS) is 23.2. The van der Waals surface area contributed by atoms with E-state index < -0.39 is 55.4 Å². The fourth-order valence-corrected chi connectivity index (χ4v) is 6.94. The van der Waals surface area contributed by atoms with E-state index in [1.807, 2.05) is 6.92 Å². The molecule has 1 amide bonds. The Labute approximate surface area is 293 Å². The van der Waals surface area contributed by atoms with Gasteiger partial charge in [0.25, 0.3) is 0 Å². The molecule has 0 spiro atoms. The first kappa shape index (κ1) is 45.2. The van der Waals surface area contributed by atoms with Crippen molar-refractivity contribution >= 4 is 5.91 Å². The molecule has 1 rings (SSSR count). The van der Waals surface area contributed by atoms with Crippen LogP contribution in [0, 0.1) is 0 Å². The number of nitrogens with one attached hydrogen (secondary N) is 1. The molecule has 0 unspecified atom stereocenters. The molecular formula is C39H77NO8. The van der Waals surface area contributed by atoms with Crippen molar-refractivity contribution < 1.29 is 40.2 Å². The molecule has 1 aliphatic heterocycles. The fraction of sp³-hybridized carbons (Fsp3) is 0.974. The molecule has 48 heavy (non-hydrogen) atoms. The SMILES string of the molecule is CCCCCCCCCCCCCCCCCCCCCCCC(=O)N[C@@H](CC[C@H]1O[C@H](CO)[C@H](O)[C@H](O)[C@H]1O)[C@H](O)[C@H](O)CCCC. The van der Waals surface area contributed by atoms with Crippen LogP contribution >= 0.6 is 0 Å². The van der Waals surface area contributed by atoms with E-state index in [0.29, 0.717) is 12.8 Å². The van der Waals surface area contributed by atoms with Gasteiger partial charge in [-0.15, -0.1) is 0 Å². The quantitative estimate of drug-likeness (QED) is 0.0389. The molecule has 0 aromatic rings. The minimum Gasteiger partial charge on any atom is -0.394 e. The highest BCUT2D eigenvalue weighted by Gasteiger charge is 2.43. The van der Waals surface area contributed by atoms with Crippen molar-refractivity contribution in [2.24, 2.45) is 0 Å². The summed E-state index contributed by atoms with van der Waals surface area (Å²) in [4.78, 5) is 12.8. The molecule has 1 fully saturated rings. The maximum Gasteiger partial charge on any atom is 0.220 e. The van der Waals surface area contributed by atoms with Gasteiger partial charge in [-0.05, 0) is 25.7 Å². The van der Waals surface area contributed by atoms with Gasteiger partial charge < -0.3 is 40.7 Å². The van der Waals surface area contributed by atoms with Crippen molar-refractivity contribution in [1.29, 1.82) is 0 Å². The second-order valence-electron chi connectivity index (χ2n) is 14.6. The van der Waals surface area contributed by atoms with Crippen molar-refractivity contribution in [3.63, 3.8) is 0 Å². The van der Waals surface area contributed by atoms with Gasteiger partial charge >= 0.3 is 0 Å². The summed E-state index contributed by atoms with van der Waals surface area (Å²) in [5, 5.41) is 64.4. The summed E-state index contributed by atoms with van der Waals surface area (Å²) in [6.45, 7) is 3.76. The third-order valence-electron chi connectivity index (χ3n) is 10.3. The predicted molar refractivity (Wildman–Crippen MR) is 194 cm³/mol. The van der Waals surface area contributed by atoms with Crippen molar-refractivity contribution in [3.8, 4) is 0 Å². The Kier molecular flexibility index (Phi) is 28.1. The molecule has 1 aliphatic rings. The summed E-state index contributed by atoms with van der Waals surface area (Å²) < 4.78 is 5.60. The molecule has 0 aliphatic carbocycles. The predicted octanol–water partition coefficient (Wildman–Crippen LogP) is 6.61. The molecule has 9 nitrogen and oxygen atoms in total. The Bertz CT molecular complexity index is 741. The van der Waals surface area contributed by atoms with Gasteiger partial charge in [-0.3, -0.25) is 4.79 Å². The Morgan fingerprint density at radius 3 is 1.44 bits per heavy atom. The van der Waals surface area contributed by atoms with Crippen LogP contribution in [0.3, 0.4) is 0 Å². The van der Waals surface area contributed by atoms with Crippen LogP contribution in [0.4, 0.5) is 0 Å². The molecule has 7 N–H and O–H groups in total. The zero-order chi connectivity index (χ0) is 35.4. The van der Waals surface area contributed by atoms with Gasteiger partial charge in [0.15, 0.2) is 0 Å². The lowest BCUT2D eigenvalue weighted by Gasteiger charge is -2.40. The van der Waals surface area contributed by atoms with Crippen molar-refractivity contribution in [2.45, 2.75) is 236 Å². The number of hydrogen-bond donors (Lipinski definition) is 7. The maximum absolute atomic E-state index is 12.8. The Morgan fingerprint density at radius 1 is 0.583 bits per heavy atom. The molecule has 286 valence electrons. The standard InChI is InChI=1S/C39H77NO8/c1-3-5-7-8-9-10-11-12-13-14-15-16-17-18-19-20-21-22-23-24-25-27-35(43)40-31(36(44)32(42)26-6-4-2)28-29-33-37(45)39(47)38(46)34(30-41)48-33/h31-34,36-39,41-42,44-47H,3-30H2,1-2H3,(H,40,43)/t31-,32+,33+,34+,36-,37-,38-,39+/m0/s1. The number of amides is 1. The molecule has 0 bridgehead atoms. The molecule has 8 atom stereocenters. The fourth-order valence-electron chi connectivity index (χ4n) is 6.94. The highest BCUT2D eigenvalue weighted by Crippen LogP contribution is 2.25. The number of aliphatic hydroxyl groups excluding tert-OH is 6. The van der Waals surface area contributed by atoms with E-state index in [2.05, 4.69) is 12.2 Å². The highest BCUT2D eigenvalue weighted by molar-refractivity contribution is 5.76. The van der Waals surface area contributed by atoms with Crippen LogP contribution in [0.1, 0.15) is 187 Å². The summed E-state index contributed by atoms with van der Waals surface area (Å²) in [5.41, 5.74) is 0. The van der Waals surface area contributed by atoms with Gasteiger partial charge in [-0.25, -0.2) is 0 Å². The molecule has 0 aromatic carbocycles. The molecule has 0 aromatic heterocycles. The van der Waals surface area contributed by atoms with Gasteiger partial charge in [0.05, 0.1) is 31.0 Å². The van der Waals surface area contributed by atoms with Gasteiger partial charge in [-0.1, -0.05) is 155 Å². The highest BCUT2D eigenvalue weighted by atomic mass is 16.5. The third-order valence-corrected chi connectivity index (χ3v) is 10.3. The van der Waals surface area contributed by atoms with Crippen LogP contribution < -0.4 is 5.32 Å². The maximum atomic E-state index is 12.8. The summed E-state index contributed by atoms with van der Waals surface area (Å²) >= 11 is 0. The molecule has 1 heterocycles. The van der Waals surface area contributed by atoms with Gasteiger partial charge in [-0.2, -0.15) is 0 Å². The summed E-state index contributed by atoms with van der Waals surface area (Å²) in [7, 11) is 0. The van der Waals surface area contributed by atoms with E-state index in [1.165, 1.54) is 116 Å². The summed E-state index contributed by atoms with van der Waals surface area (Å²) in [5.74, 6) is -0.187. The molecule has 0 radical (unpaired) electrons. The van der Waals surface area contributed by atoms with Crippen molar-refractivity contribution in [3.05, 3.63) is 0 Å². The number of carbonyl (C=O) groups is 1. The summed E-state index contributed by atoms with van der Waals surface area (Å²) in [6.07, 6.45) is 21.7. The Hall–Kier alpha value is -0.810. The molecule has 9 heteroatoms. The Balaban J connectivity index is 2.18. The topological polar surface area (TPSA) is 160 Å². The van der Waals surface area contributed by atoms with Crippen LogP contribution in [0.2, 0.25) is 0 Å². The van der Waals surface area contributed by atoms with Crippen LogP contribution in [0.25, 0.3) is 0 Å². The minimum absolute atomic E-state index is 0.156. The van der Waals surface area contributed by atoms with Gasteiger partial charge in [0.1, 0.15) is 24.4 Å². The van der Waals surface area contributed by atoms with Crippen LogP contribution in [0.5, 0.6) is 0 Å². The van der Waals surface area contributed by atoms with Crippen LogP contribution in [-0.4, -0.2) is 91.9 Å². The van der Waals surface area contributed by atoms with Crippen molar-refractivity contribution in [1.82, 2.24) is 5.32 Å². The largest absolute Gasteiger partial charge is 0.394 e. The molecule has 1 saturated heterocycles. The van der Waals surface area contributed by atoms with Crippen molar-refractivity contribution in [2.75, 3.05) is 6.61 Å². The lowest BCUT2D eigenvalue weighted by Crippen LogP contribution is -2.59. The first-order valence-electron chi connectivity index (χ1n) is 20.2. The van der Waals surface area contributed by atoms with Crippen LogP contribution in [-0.2, 0) is 9.53 Å². The van der Waals surface area contributed by atoms with Gasteiger partial charge in [0, 0.05) is 6.42 Å². The lowest BCUT2D eigenvalue weighted by atomic mass is 9.90. The van der Waals surface area contributed by atoms with E-state index in [0.717, 1.165) is 32.1 Å². The number of carbonyl (C=O) groups excluding carboxylic acids is 1. The number of aliphatic hydroxyl groups is 6. The van der Waals surface area contributed by atoms with E-state index >= 15 is 0 Å². The second-order valence-corrected chi connectivity index (χ2v) is 14.6. The lowest BCUT2D eigenvalue weighted by molar-refractivity contribution is -0.231. The van der Waals surface area contributed by atoms with Gasteiger partial charge in [0.2, 0.25) is 5.91 Å². The smallest absolute Gasteiger partial charge is 0.220 e. The third kappa shape index (κ3) is 20.8.